The van der Waals surface area contributed by atoms with Gasteiger partial charge in [0.05, 0.1) is 16.4 Å². The normalized spacial score (nSPS) is 18.3. The third kappa shape index (κ3) is 5.39. The van der Waals surface area contributed by atoms with Crippen LogP contribution in [0.5, 0.6) is 5.75 Å². The number of nitrogens with zero attached hydrogens (tertiary/aromatic N) is 3. The summed E-state index contributed by atoms with van der Waals surface area (Å²) in [6.45, 7) is 4.83. The van der Waals surface area contributed by atoms with Crippen LogP contribution in [-0.2, 0) is 23.0 Å². The van der Waals surface area contributed by atoms with Crippen LogP contribution in [0.4, 0.5) is 5.69 Å². The maximum atomic E-state index is 13.8. The maximum absolute atomic E-state index is 13.8. The van der Waals surface area contributed by atoms with Crippen LogP contribution in [0.25, 0.3) is 0 Å². The van der Waals surface area contributed by atoms with Gasteiger partial charge in [-0.25, -0.2) is 8.42 Å². The molecule has 2 aromatic carbocycles. The fraction of sp³-hybridized carbons (Fsp3) is 0.481. The third-order valence-corrected chi connectivity index (χ3v) is 9.41. The Morgan fingerprint density at radius 2 is 1.70 bits per heavy atom. The van der Waals surface area contributed by atoms with Gasteiger partial charge in [-0.05, 0) is 66.8 Å². The lowest BCUT2D eigenvalue weighted by atomic mass is 9.99. The van der Waals surface area contributed by atoms with E-state index in [0.717, 1.165) is 57.2 Å². The van der Waals surface area contributed by atoms with Crippen LogP contribution in [-0.4, -0.2) is 61.8 Å². The molecule has 2 aliphatic heterocycles. The minimum Gasteiger partial charge on any atom is -0.490 e. The Morgan fingerprint density at radius 1 is 1.00 bits per heavy atom. The highest BCUT2D eigenvalue weighted by atomic mass is 32.2. The number of amidine groups is 1. The molecular formula is C27H36N6O3S. The summed E-state index contributed by atoms with van der Waals surface area (Å²) in [5, 5.41) is 15.8. The second kappa shape index (κ2) is 10.2. The summed E-state index contributed by atoms with van der Waals surface area (Å²) in [6, 6.07) is 12.6. The van der Waals surface area contributed by atoms with E-state index in [0.29, 0.717) is 30.4 Å². The van der Waals surface area contributed by atoms with Gasteiger partial charge in [0, 0.05) is 51.5 Å². The minimum absolute atomic E-state index is 0.0380. The Morgan fingerprint density at radius 3 is 2.32 bits per heavy atom. The summed E-state index contributed by atoms with van der Waals surface area (Å²) in [4.78, 5) is 4.15. The Kier molecular flexibility index (Phi) is 7.02. The number of benzene rings is 2. The Hall–Kier alpha value is -3.27. The quantitative estimate of drug-likeness (QED) is 0.376. The molecule has 198 valence electrons. The van der Waals surface area contributed by atoms with Gasteiger partial charge in [-0.15, -0.1) is 0 Å². The number of nitrogens with two attached hydrogens (primary N) is 1. The number of hydrogen-bond acceptors (Lipinski definition) is 5. The Balaban J connectivity index is 1.31. The lowest BCUT2D eigenvalue weighted by molar-refractivity contribution is 0.130. The number of hydrogen-bond donors (Lipinski definition) is 3. The number of nitrogens with one attached hydrogen (secondary N) is 2. The second-order valence-electron chi connectivity index (χ2n) is 10.1. The van der Waals surface area contributed by atoms with Crippen LogP contribution in [0.15, 0.2) is 47.4 Å². The highest BCUT2D eigenvalue weighted by molar-refractivity contribution is 7.92. The predicted molar refractivity (Wildman–Crippen MR) is 145 cm³/mol. The first-order valence-corrected chi connectivity index (χ1v) is 14.5. The van der Waals surface area contributed by atoms with E-state index in [4.69, 9.17) is 21.3 Å². The van der Waals surface area contributed by atoms with Gasteiger partial charge in [0.25, 0.3) is 10.0 Å². The summed E-state index contributed by atoms with van der Waals surface area (Å²) in [5.74, 6) is 1.37. The van der Waals surface area contributed by atoms with Crippen LogP contribution < -0.4 is 14.8 Å². The first-order valence-electron chi connectivity index (χ1n) is 13.1. The summed E-state index contributed by atoms with van der Waals surface area (Å²) >= 11 is 0. The van der Waals surface area contributed by atoms with Gasteiger partial charge in [-0.1, -0.05) is 13.0 Å². The van der Waals surface area contributed by atoms with E-state index in [2.05, 4.69) is 4.90 Å². The first-order chi connectivity index (χ1) is 17.8. The lowest BCUT2D eigenvalue weighted by Crippen LogP contribution is -2.41. The minimum atomic E-state index is -3.75. The second-order valence-corrected chi connectivity index (χ2v) is 11.9. The lowest BCUT2D eigenvalue weighted by Gasteiger charge is -2.33. The first kappa shape index (κ1) is 25.4. The molecule has 0 unspecified atom stereocenters. The molecule has 2 heterocycles. The molecule has 0 atom stereocenters. The van der Waals surface area contributed by atoms with Crippen LogP contribution in [0.3, 0.4) is 0 Å². The van der Waals surface area contributed by atoms with Crippen molar-refractivity contribution in [3.05, 3.63) is 53.6 Å². The molecule has 0 amide bonds. The van der Waals surface area contributed by atoms with E-state index in [1.165, 1.54) is 5.56 Å². The molecule has 0 bridgehead atoms. The van der Waals surface area contributed by atoms with Crippen molar-refractivity contribution in [1.82, 2.24) is 9.80 Å². The van der Waals surface area contributed by atoms with Crippen molar-refractivity contribution >= 4 is 27.5 Å². The van der Waals surface area contributed by atoms with Gasteiger partial charge in [-0.3, -0.25) is 15.1 Å². The number of rotatable bonds is 7. The van der Waals surface area contributed by atoms with Crippen molar-refractivity contribution in [2.45, 2.75) is 69.0 Å². The molecule has 1 saturated heterocycles. The van der Waals surface area contributed by atoms with Crippen molar-refractivity contribution in [2.75, 3.05) is 23.9 Å². The van der Waals surface area contributed by atoms with Crippen LogP contribution in [0.1, 0.15) is 50.2 Å². The van der Waals surface area contributed by atoms with E-state index in [-0.39, 0.29) is 23.0 Å². The third-order valence-electron chi connectivity index (χ3n) is 7.52. The zero-order valence-electron chi connectivity index (χ0n) is 21.3. The highest BCUT2D eigenvalue weighted by Gasteiger charge is 2.39. The SMILES string of the molecule is CCC(=N)N1CCC(Oc2ccc(S(=O)(=O)N(c3ccc4c(c3)CN(C(=N)N)CC4)C3CC3)cc2)CC1. The van der Waals surface area contributed by atoms with Gasteiger partial charge in [-0.2, -0.15) is 0 Å². The zero-order chi connectivity index (χ0) is 26.2. The van der Waals surface area contributed by atoms with Gasteiger partial charge in [0.2, 0.25) is 0 Å². The van der Waals surface area contributed by atoms with Gasteiger partial charge in [0.1, 0.15) is 11.9 Å². The van der Waals surface area contributed by atoms with Crippen molar-refractivity contribution < 1.29 is 13.2 Å². The number of likely N-dealkylation sites (tertiary alicyclic amines) is 1. The summed E-state index contributed by atoms with van der Waals surface area (Å²) < 4.78 is 35.3. The largest absolute Gasteiger partial charge is 0.490 e. The Labute approximate surface area is 219 Å². The molecule has 37 heavy (non-hydrogen) atoms. The van der Waals surface area contributed by atoms with Crippen molar-refractivity contribution in [2.24, 2.45) is 5.73 Å². The fourth-order valence-corrected chi connectivity index (χ4v) is 6.91. The molecular weight excluding hydrogens is 488 g/mol. The molecule has 10 heteroatoms. The molecule has 9 nitrogen and oxygen atoms in total. The van der Waals surface area contributed by atoms with Crippen LogP contribution >= 0.6 is 0 Å². The predicted octanol–water partition coefficient (Wildman–Crippen LogP) is 3.53. The summed E-state index contributed by atoms with van der Waals surface area (Å²) in [6.07, 6.45) is 4.95. The topological polar surface area (TPSA) is 127 Å². The number of piperidine rings is 1. The van der Waals surface area contributed by atoms with E-state index in [1.54, 1.807) is 33.5 Å². The monoisotopic (exact) mass is 524 g/mol. The highest BCUT2D eigenvalue weighted by Crippen LogP contribution is 2.38. The number of sulfonamides is 1. The number of fused-ring (bicyclic) bond motifs is 1. The standard InChI is InChI=1S/C27H36N6O3S/c1-2-26(28)31-15-12-24(13-16-31)36-23-7-9-25(10-8-23)37(34,35)33(21-5-6-21)22-4-3-19-11-14-32(27(29)30)18-20(19)17-22/h3-4,7-10,17,21,24,28H,2,5-6,11-16,18H2,1H3,(H3,29,30). The van der Waals surface area contributed by atoms with E-state index >= 15 is 0 Å². The molecule has 0 radical (unpaired) electrons. The van der Waals surface area contributed by atoms with Crippen LogP contribution in [0.2, 0.25) is 0 Å². The summed E-state index contributed by atoms with van der Waals surface area (Å²) in [7, 11) is -3.75. The van der Waals surface area contributed by atoms with E-state index in [9.17, 15) is 8.42 Å². The average Bonchev–Trinajstić information content (AvgIpc) is 3.73. The van der Waals surface area contributed by atoms with Gasteiger partial charge in [0.15, 0.2) is 5.96 Å². The Bertz CT molecular complexity index is 1270. The molecule has 3 aliphatic rings. The van der Waals surface area contributed by atoms with Crippen LogP contribution in [0, 0.1) is 10.8 Å². The van der Waals surface area contributed by atoms with Gasteiger partial charge < -0.3 is 20.3 Å². The van der Waals surface area contributed by atoms with Crippen molar-refractivity contribution in [1.29, 1.82) is 10.8 Å². The average molecular weight is 525 g/mol. The smallest absolute Gasteiger partial charge is 0.264 e. The zero-order valence-corrected chi connectivity index (χ0v) is 22.1. The molecule has 1 saturated carbocycles. The maximum Gasteiger partial charge on any atom is 0.264 e. The molecule has 2 aromatic rings. The van der Waals surface area contributed by atoms with Gasteiger partial charge >= 0.3 is 0 Å². The molecule has 0 spiro atoms. The molecule has 4 N–H and O–H groups in total. The number of anilines is 1. The number of guanidine groups is 1. The number of ether oxygens (including phenoxy) is 1. The molecule has 0 aromatic heterocycles. The fourth-order valence-electron chi connectivity index (χ4n) is 5.20. The van der Waals surface area contributed by atoms with Crippen molar-refractivity contribution in [3.63, 3.8) is 0 Å². The summed E-state index contributed by atoms with van der Waals surface area (Å²) in [5.41, 5.74) is 8.56. The molecule has 2 fully saturated rings. The van der Waals surface area contributed by atoms with E-state index in [1.807, 2.05) is 25.1 Å². The molecule has 1 aliphatic carbocycles. The van der Waals surface area contributed by atoms with E-state index < -0.39 is 10.0 Å². The molecule has 5 rings (SSSR count). The van der Waals surface area contributed by atoms with Crippen molar-refractivity contribution in [3.8, 4) is 5.75 Å².